The SMILES string of the molecule is COc1cc2c(cc1OC)[C@@H]1CCc3cc(OC)c(OC)cc3[C@@H]1N=C2. The average molecular weight is 353 g/mol. The lowest BCUT2D eigenvalue weighted by atomic mass is 9.74. The molecule has 2 atom stereocenters. The van der Waals surface area contributed by atoms with Gasteiger partial charge in [0.05, 0.1) is 34.5 Å². The zero-order valence-electron chi connectivity index (χ0n) is 15.5. The second-order valence-corrected chi connectivity index (χ2v) is 6.61. The van der Waals surface area contributed by atoms with Crippen LogP contribution in [0, 0.1) is 0 Å². The highest BCUT2D eigenvalue weighted by Crippen LogP contribution is 2.50. The van der Waals surface area contributed by atoms with Gasteiger partial charge < -0.3 is 18.9 Å². The van der Waals surface area contributed by atoms with E-state index < -0.39 is 0 Å². The van der Waals surface area contributed by atoms with Gasteiger partial charge in [-0.15, -0.1) is 0 Å². The molecule has 2 aromatic carbocycles. The lowest BCUT2D eigenvalue weighted by molar-refractivity contribution is 0.350. The highest BCUT2D eigenvalue weighted by atomic mass is 16.5. The van der Waals surface area contributed by atoms with Crippen molar-refractivity contribution < 1.29 is 18.9 Å². The standard InChI is InChI=1S/C21H23NO4/c1-23-17-7-12-5-6-14-15-9-19(25-3)18(24-2)8-13(15)11-22-21(14)16(12)10-20(17)26-4/h7-11,14,21H,5-6H2,1-4H3/t14-,21+/m0/s1. The van der Waals surface area contributed by atoms with Gasteiger partial charge in [0, 0.05) is 12.1 Å². The molecule has 1 heterocycles. The normalized spacial score (nSPS) is 19.8. The molecule has 4 rings (SSSR count). The van der Waals surface area contributed by atoms with Crippen LogP contribution in [0.1, 0.15) is 40.6 Å². The van der Waals surface area contributed by atoms with E-state index in [1.54, 1.807) is 28.4 Å². The van der Waals surface area contributed by atoms with E-state index >= 15 is 0 Å². The van der Waals surface area contributed by atoms with Gasteiger partial charge in [0.15, 0.2) is 23.0 Å². The molecule has 0 radical (unpaired) electrons. The van der Waals surface area contributed by atoms with E-state index in [1.807, 2.05) is 12.3 Å². The van der Waals surface area contributed by atoms with Gasteiger partial charge in [-0.3, -0.25) is 4.99 Å². The van der Waals surface area contributed by atoms with Crippen molar-refractivity contribution in [3.63, 3.8) is 0 Å². The maximum atomic E-state index is 5.51. The fourth-order valence-electron chi connectivity index (χ4n) is 4.13. The zero-order chi connectivity index (χ0) is 18.3. The number of benzene rings is 2. The zero-order valence-corrected chi connectivity index (χ0v) is 15.5. The molecule has 0 saturated heterocycles. The van der Waals surface area contributed by atoms with Crippen LogP contribution in [0.5, 0.6) is 23.0 Å². The minimum atomic E-state index is 0.0872. The van der Waals surface area contributed by atoms with E-state index in [0.717, 1.165) is 41.4 Å². The molecule has 0 spiro atoms. The van der Waals surface area contributed by atoms with Crippen molar-refractivity contribution in [2.24, 2.45) is 4.99 Å². The Balaban J connectivity index is 1.81. The second kappa shape index (κ2) is 6.56. The fourth-order valence-corrected chi connectivity index (χ4v) is 4.13. The van der Waals surface area contributed by atoms with Gasteiger partial charge in [0.25, 0.3) is 0 Å². The summed E-state index contributed by atoms with van der Waals surface area (Å²) < 4.78 is 21.9. The van der Waals surface area contributed by atoms with Crippen molar-refractivity contribution in [3.8, 4) is 23.0 Å². The molecule has 1 aliphatic carbocycles. The number of aliphatic imine (C=N–C) groups is 1. The summed E-state index contributed by atoms with van der Waals surface area (Å²) in [4.78, 5) is 4.88. The first-order valence-corrected chi connectivity index (χ1v) is 8.74. The predicted octanol–water partition coefficient (Wildman–Crippen LogP) is 3.92. The Morgan fingerprint density at radius 1 is 0.769 bits per heavy atom. The molecular formula is C21H23NO4. The molecule has 0 aromatic heterocycles. The highest BCUT2D eigenvalue weighted by molar-refractivity contribution is 5.85. The molecule has 0 fully saturated rings. The van der Waals surface area contributed by atoms with Crippen LogP contribution >= 0.6 is 0 Å². The molecule has 0 bridgehead atoms. The topological polar surface area (TPSA) is 49.3 Å². The van der Waals surface area contributed by atoms with Crippen molar-refractivity contribution in [3.05, 3.63) is 46.5 Å². The predicted molar refractivity (Wildman–Crippen MR) is 100 cm³/mol. The third-order valence-corrected chi connectivity index (χ3v) is 5.43. The number of rotatable bonds is 4. The maximum Gasteiger partial charge on any atom is 0.161 e. The van der Waals surface area contributed by atoms with Gasteiger partial charge in [0.2, 0.25) is 0 Å². The molecule has 5 heteroatoms. The number of nitrogens with zero attached hydrogens (tertiary/aromatic N) is 1. The minimum absolute atomic E-state index is 0.0872. The summed E-state index contributed by atoms with van der Waals surface area (Å²) in [6.45, 7) is 0. The number of aryl methyl sites for hydroxylation is 1. The molecule has 26 heavy (non-hydrogen) atoms. The van der Waals surface area contributed by atoms with E-state index in [2.05, 4.69) is 18.2 Å². The Morgan fingerprint density at radius 3 is 2.00 bits per heavy atom. The Kier molecular flexibility index (Phi) is 4.23. The Hall–Kier alpha value is -2.69. The summed E-state index contributed by atoms with van der Waals surface area (Å²) in [5, 5.41) is 0. The highest BCUT2D eigenvalue weighted by Gasteiger charge is 2.35. The summed E-state index contributed by atoms with van der Waals surface area (Å²) in [5.74, 6) is 3.34. The summed E-state index contributed by atoms with van der Waals surface area (Å²) in [6, 6.07) is 8.36. The minimum Gasteiger partial charge on any atom is -0.493 e. The number of hydrogen-bond donors (Lipinski definition) is 0. The number of methoxy groups -OCH3 is 4. The van der Waals surface area contributed by atoms with Crippen molar-refractivity contribution in [2.45, 2.75) is 24.8 Å². The molecule has 136 valence electrons. The Morgan fingerprint density at radius 2 is 1.35 bits per heavy atom. The van der Waals surface area contributed by atoms with Crippen molar-refractivity contribution >= 4 is 6.21 Å². The quantitative estimate of drug-likeness (QED) is 0.836. The van der Waals surface area contributed by atoms with E-state index in [-0.39, 0.29) is 6.04 Å². The van der Waals surface area contributed by atoms with Crippen LogP contribution in [0.4, 0.5) is 0 Å². The first-order valence-electron chi connectivity index (χ1n) is 8.74. The van der Waals surface area contributed by atoms with Gasteiger partial charge in [-0.25, -0.2) is 0 Å². The van der Waals surface area contributed by atoms with E-state index in [1.165, 1.54) is 16.7 Å². The van der Waals surface area contributed by atoms with Crippen molar-refractivity contribution in [1.29, 1.82) is 0 Å². The maximum absolute atomic E-state index is 5.51. The Bertz CT molecular complexity index is 875. The van der Waals surface area contributed by atoms with Crippen LogP contribution in [-0.2, 0) is 6.42 Å². The third kappa shape index (κ3) is 2.50. The molecule has 0 saturated carbocycles. The van der Waals surface area contributed by atoms with Crippen molar-refractivity contribution in [1.82, 2.24) is 0 Å². The van der Waals surface area contributed by atoms with Gasteiger partial charge in [0.1, 0.15) is 0 Å². The van der Waals surface area contributed by atoms with Crippen LogP contribution < -0.4 is 18.9 Å². The molecule has 5 nitrogen and oxygen atoms in total. The molecule has 2 aromatic rings. The summed E-state index contributed by atoms with van der Waals surface area (Å²) >= 11 is 0. The molecule has 1 aliphatic heterocycles. The largest absolute Gasteiger partial charge is 0.493 e. The van der Waals surface area contributed by atoms with E-state index in [0.29, 0.717) is 5.92 Å². The first kappa shape index (κ1) is 16.8. The van der Waals surface area contributed by atoms with Crippen LogP contribution in [0.15, 0.2) is 29.3 Å². The van der Waals surface area contributed by atoms with Gasteiger partial charge >= 0.3 is 0 Å². The smallest absolute Gasteiger partial charge is 0.161 e. The summed E-state index contributed by atoms with van der Waals surface area (Å²) in [5.41, 5.74) is 4.87. The first-order chi connectivity index (χ1) is 12.7. The number of hydrogen-bond acceptors (Lipinski definition) is 5. The van der Waals surface area contributed by atoms with Crippen LogP contribution in [0.3, 0.4) is 0 Å². The van der Waals surface area contributed by atoms with Gasteiger partial charge in [-0.05, 0) is 59.4 Å². The molecule has 0 N–H and O–H groups in total. The number of fused-ring (bicyclic) bond motifs is 5. The van der Waals surface area contributed by atoms with E-state index in [9.17, 15) is 0 Å². The van der Waals surface area contributed by atoms with Gasteiger partial charge in [-0.1, -0.05) is 0 Å². The van der Waals surface area contributed by atoms with E-state index in [4.69, 9.17) is 23.9 Å². The molecular weight excluding hydrogens is 330 g/mol. The summed E-state index contributed by atoms with van der Waals surface area (Å²) in [7, 11) is 6.67. The molecule has 0 unspecified atom stereocenters. The lowest BCUT2D eigenvalue weighted by Crippen LogP contribution is -2.22. The fraction of sp³-hybridized carbons (Fsp3) is 0.381. The third-order valence-electron chi connectivity index (χ3n) is 5.43. The van der Waals surface area contributed by atoms with Crippen LogP contribution in [-0.4, -0.2) is 34.7 Å². The monoisotopic (exact) mass is 353 g/mol. The number of ether oxygens (including phenoxy) is 4. The lowest BCUT2D eigenvalue weighted by Gasteiger charge is -2.35. The molecule has 0 amide bonds. The van der Waals surface area contributed by atoms with Crippen molar-refractivity contribution in [2.75, 3.05) is 28.4 Å². The average Bonchev–Trinajstić information content (AvgIpc) is 2.70. The second-order valence-electron chi connectivity index (χ2n) is 6.61. The Labute approximate surface area is 153 Å². The van der Waals surface area contributed by atoms with Crippen LogP contribution in [0.25, 0.3) is 0 Å². The summed E-state index contributed by atoms with van der Waals surface area (Å²) in [6.07, 6.45) is 3.97. The molecule has 2 aliphatic rings. The van der Waals surface area contributed by atoms with Crippen LogP contribution in [0.2, 0.25) is 0 Å². The van der Waals surface area contributed by atoms with Gasteiger partial charge in [-0.2, -0.15) is 0 Å².